The number of amides is 1. The molecule has 0 bridgehead atoms. The molecule has 1 aromatic carbocycles. The van der Waals surface area contributed by atoms with Crippen LogP contribution in [0.15, 0.2) is 24.3 Å². The van der Waals surface area contributed by atoms with Gasteiger partial charge in [0.05, 0.1) is 0 Å². The topological polar surface area (TPSA) is 32.3 Å². The average Bonchev–Trinajstić information content (AvgIpc) is 2.89. The van der Waals surface area contributed by atoms with Gasteiger partial charge in [-0.25, -0.2) is 0 Å². The van der Waals surface area contributed by atoms with E-state index in [1.54, 1.807) is 0 Å². The number of carbonyl (C=O) groups excluding carboxylic acids is 1. The SMILES string of the molecule is O=C(c1ccc(C2CCCC2)cc1)N1CCCNCC1. The number of hydrogen-bond acceptors (Lipinski definition) is 2. The summed E-state index contributed by atoms with van der Waals surface area (Å²) in [4.78, 5) is 14.5. The fourth-order valence-corrected chi connectivity index (χ4v) is 3.39. The maximum absolute atomic E-state index is 12.5. The van der Waals surface area contributed by atoms with Gasteiger partial charge in [-0.1, -0.05) is 25.0 Å². The quantitative estimate of drug-likeness (QED) is 0.898. The van der Waals surface area contributed by atoms with E-state index in [2.05, 4.69) is 17.4 Å². The van der Waals surface area contributed by atoms with Crippen molar-refractivity contribution in [3.8, 4) is 0 Å². The van der Waals surface area contributed by atoms with Gasteiger partial charge in [0.25, 0.3) is 5.91 Å². The van der Waals surface area contributed by atoms with E-state index in [9.17, 15) is 4.79 Å². The van der Waals surface area contributed by atoms with Crippen molar-refractivity contribution >= 4 is 5.91 Å². The molecular formula is C17H24N2O. The monoisotopic (exact) mass is 272 g/mol. The number of benzene rings is 1. The fraction of sp³-hybridized carbons (Fsp3) is 0.588. The average molecular weight is 272 g/mol. The normalized spacial score (nSPS) is 20.9. The molecule has 3 heteroatoms. The smallest absolute Gasteiger partial charge is 0.253 e. The van der Waals surface area contributed by atoms with Crippen LogP contribution < -0.4 is 5.32 Å². The van der Waals surface area contributed by atoms with Crippen molar-refractivity contribution in [1.29, 1.82) is 0 Å². The Morgan fingerprint density at radius 2 is 1.75 bits per heavy atom. The van der Waals surface area contributed by atoms with E-state index in [1.807, 2.05) is 17.0 Å². The summed E-state index contributed by atoms with van der Waals surface area (Å²) in [5.41, 5.74) is 2.25. The molecule has 1 amide bonds. The van der Waals surface area contributed by atoms with Gasteiger partial charge in [0.2, 0.25) is 0 Å². The third-order valence-electron chi connectivity index (χ3n) is 4.61. The van der Waals surface area contributed by atoms with Gasteiger partial charge < -0.3 is 10.2 Å². The first-order chi connectivity index (χ1) is 9.84. The van der Waals surface area contributed by atoms with E-state index < -0.39 is 0 Å². The molecule has 0 aromatic heterocycles. The van der Waals surface area contributed by atoms with E-state index in [0.29, 0.717) is 0 Å². The minimum atomic E-state index is 0.187. The number of nitrogens with one attached hydrogen (secondary N) is 1. The summed E-state index contributed by atoms with van der Waals surface area (Å²) in [6.07, 6.45) is 6.38. The molecule has 0 radical (unpaired) electrons. The van der Waals surface area contributed by atoms with Gasteiger partial charge in [0, 0.05) is 25.2 Å². The molecule has 1 saturated carbocycles. The molecule has 2 fully saturated rings. The van der Waals surface area contributed by atoms with E-state index in [4.69, 9.17) is 0 Å². The largest absolute Gasteiger partial charge is 0.337 e. The zero-order valence-corrected chi connectivity index (χ0v) is 12.1. The Kier molecular flexibility index (Phi) is 4.36. The Morgan fingerprint density at radius 1 is 1.00 bits per heavy atom. The second kappa shape index (κ2) is 6.40. The molecule has 1 aliphatic carbocycles. The van der Waals surface area contributed by atoms with Crippen molar-refractivity contribution < 1.29 is 4.79 Å². The molecule has 0 spiro atoms. The number of carbonyl (C=O) groups is 1. The molecule has 0 atom stereocenters. The first kappa shape index (κ1) is 13.6. The predicted octanol–water partition coefficient (Wildman–Crippen LogP) is 2.78. The fourth-order valence-electron chi connectivity index (χ4n) is 3.39. The molecule has 20 heavy (non-hydrogen) atoms. The van der Waals surface area contributed by atoms with Gasteiger partial charge in [-0.15, -0.1) is 0 Å². The molecular weight excluding hydrogens is 248 g/mol. The maximum atomic E-state index is 12.5. The highest BCUT2D eigenvalue weighted by Crippen LogP contribution is 2.34. The molecule has 1 N–H and O–H groups in total. The molecule has 1 heterocycles. The van der Waals surface area contributed by atoms with Crippen LogP contribution in [-0.2, 0) is 0 Å². The Morgan fingerprint density at radius 3 is 2.50 bits per heavy atom. The zero-order valence-electron chi connectivity index (χ0n) is 12.1. The van der Waals surface area contributed by atoms with Gasteiger partial charge in [-0.2, -0.15) is 0 Å². The van der Waals surface area contributed by atoms with Crippen LogP contribution in [0.4, 0.5) is 0 Å². The minimum absolute atomic E-state index is 0.187. The first-order valence-corrected chi connectivity index (χ1v) is 7.94. The summed E-state index contributed by atoms with van der Waals surface area (Å²) >= 11 is 0. The Balaban J connectivity index is 1.68. The lowest BCUT2D eigenvalue weighted by Crippen LogP contribution is -2.34. The second-order valence-electron chi connectivity index (χ2n) is 6.00. The summed E-state index contributed by atoms with van der Waals surface area (Å²) in [7, 11) is 0. The zero-order chi connectivity index (χ0) is 13.8. The van der Waals surface area contributed by atoms with Crippen LogP contribution in [0.3, 0.4) is 0 Å². The van der Waals surface area contributed by atoms with Gasteiger partial charge in [0.1, 0.15) is 0 Å². The van der Waals surface area contributed by atoms with Gasteiger partial charge >= 0.3 is 0 Å². The Labute approximate surface area is 121 Å². The third kappa shape index (κ3) is 3.04. The molecule has 108 valence electrons. The summed E-state index contributed by atoms with van der Waals surface area (Å²) in [6.45, 7) is 3.62. The third-order valence-corrected chi connectivity index (χ3v) is 4.61. The van der Waals surface area contributed by atoms with E-state index in [-0.39, 0.29) is 5.91 Å². The summed E-state index contributed by atoms with van der Waals surface area (Å²) in [5, 5.41) is 3.34. The summed E-state index contributed by atoms with van der Waals surface area (Å²) in [6, 6.07) is 8.38. The van der Waals surface area contributed by atoms with Crippen molar-refractivity contribution in [2.24, 2.45) is 0 Å². The summed E-state index contributed by atoms with van der Waals surface area (Å²) in [5.74, 6) is 0.910. The molecule has 1 aliphatic heterocycles. The Hall–Kier alpha value is -1.35. The van der Waals surface area contributed by atoms with Crippen molar-refractivity contribution in [3.05, 3.63) is 35.4 Å². The van der Waals surface area contributed by atoms with Gasteiger partial charge in [-0.3, -0.25) is 4.79 Å². The van der Waals surface area contributed by atoms with E-state index in [1.165, 1.54) is 31.2 Å². The molecule has 1 saturated heterocycles. The lowest BCUT2D eigenvalue weighted by Gasteiger charge is -2.20. The minimum Gasteiger partial charge on any atom is -0.337 e. The van der Waals surface area contributed by atoms with Crippen LogP contribution in [0.25, 0.3) is 0 Å². The van der Waals surface area contributed by atoms with Gasteiger partial charge in [-0.05, 0) is 49.4 Å². The van der Waals surface area contributed by atoms with Crippen LogP contribution in [0.2, 0.25) is 0 Å². The molecule has 0 unspecified atom stereocenters. The van der Waals surface area contributed by atoms with E-state index >= 15 is 0 Å². The lowest BCUT2D eigenvalue weighted by molar-refractivity contribution is 0.0766. The highest BCUT2D eigenvalue weighted by atomic mass is 16.2. The lowest BCUT2D eigenvalue weighted by atomic mass is 9.96. The van der Waals surface area contributed by atoms with Crippen LogP contribution in [0.1, 0.15) is 53.9 Å². The molecule has 1 aromatic rings. The van der Waals surface area contributed by atoms with Crippen molar-refractivity contribution in [2.75, 3.05) is 26.2 Å². The number of hydrogen-bond donors (Lipinski definition) is 1. The van der Waals surface area contributed by atoms with Gasteiger partial charge in [0.15, 0.2) is 0 Å². The van der Waals surface area contributed by atoms with Crippen molar-refractivity contribution in [1.82, 2.24) is 10.2 Å². The second-order valence-corrected chi connectivity index (χ2v) is 6.00. The molecule has 3 rings (SSSR count). The maximum Gasteiger partial charge on any atom is 0.253 e. The highest BCUT2D eigenvalue weighted by Gasteiger charge is 2.19. The van der Waals surface area contributed by atoms with Crippen molar-refractivity contribution in [3.63, 3.8) is 0 Å². The highest BCUT2D eigenvalue weighted by molar-refractivity contribution is 5.94. The first-order valence-electron chi connectivity index (χ1n) is 7.94. The van der Waals surface area contributed by atoms with Crippen LogP contribution in [-0.4, -0.2) is 37.0 Å². The predicted molar refractivity (Wildman–Crippen MR) is 81.0 cm³/mol. The van der Waals surface area contributed by atoms with Crippen molar-refractivity contribution in [2.45, 2.75) is 38.0 Å². The number of nitrogens with zero attached hydrogens (tertiary/aromatic N) is 1. The molecule has 3 nitrogen and oxygen atoms in total. The van der Waals surface area contributed by atoms with Crippen LogP contribution in [0.5, 0.6) is 0 Å². The van der Waals surface area contributed by atoms with Crippen LogP contribution in [0, 0.1) is 0 Å². The standard InChI is InChI=1S/C17H24N2O/c20-17(19-12-3-10-18-11-13-19)16-8-6-15(7-9-16)14-4-1-2-5-14/h6-9,14,18H,1-5,10-13H2. The van der Waals surface area contributed by atoms with E-state index in [0.717, 1.165) is 44.1 Å². The Bertz CT molecular complexity index is 441. The summed E-state index contributed by atoms with van der Waals surface area (Å²) < 4.78 is 0. The van der Waals surface area contributed by atoms with Crippen LogP contribution >= 0.6 is 0 Å². The molecule has 2 aliphatic rings. The number of rotatable bonds is 2.